The first-order valence-corrected chi connectivity index (χ1v) is 8.64. The van der Waals surface area contributed by atoms with Crippen molar-refractivity contribution >= 4 is 29.4 Å². The smallest absolute Gasteiger partial charge is 0.407 e. The van der Waals surface area contributed by atoms with Crippen LogP contribution in [-0.2, 0) is 9.47 Å². The second kappa shape index (κ2) is 10.1. The minimum absolute atomic E-state index is 0.289. The number of esters is 1. The number of alkyl carbamates (subject to hydrolysis) is 1. The fourth-order valence-electron chi connectivity index (χ4n) is 1.93. The zero-order valence-electron chi connectivity index (χ0n) is 15.1. The van der Waals surface area contributed by atoms with Crippen LogP contribution in [0, 0.1) is 0 Å². The number of halogens is 1. The molecular weight excluding hydrogens is 346 g/mol. The van der Waals surface area contributed by atoms with E-state index in [1.165, 1.54) is 6.20 Å². The molecule has 0 aliphatic rings. The summed E-state index contributed by atoms with van der Waals surface area (Å²) in [6.07, 6.45) is 2.52. The molecule has 0 atom stereocenters. The summed E-state index contributed by atoms with van der Waals surface area (Å²) in [6, 6.07) is 1.59. The summed E-state index contributed by atoms with van der Waals surface area (Å²) < 4.78 is 10.1. The predicted molar refractivity (Wildman–Crippen MR) is 97.2 cm³/mol. The summed E-state index contributed by atoms with van der Waals surface area (Å²) in [5, 5.41) is 6.14. The summed E-state index contributed by atoms with van der Waals surface area (Å²) in [5.41, 5.74) is 0.423. The van der Waals surface area contributed by atoms with Gasteiger partial charge < -0.3 is 20.1 Å². The third-order valence-electron chi connectivity index (χ3n) is 2.95. The Bertz CT molecular complexity index is 588. The minimum atomic E-state index is -0.504. The van der Waals surface area contributed by atoms with E-state index in [1.54, 1.807) is 13.0 Å². The van der Waals surface area contributed by atoms with Gasteiger partial charge in [-0.2, -0.15) is 0 Å². The summed E-state index contributed by atoms with van der Waals surface area (Å²) in [5.74, 6) is -0.444. The van der Waals surface area contributed by atoms with Crippen LogP contribution < -0.4 is 10.6 Å². The van der Waals surface area contributed by atoms with E-state index in [0.29, 0.717) is 29.5 Å². The molecule has 0 spiro atoms. The first kappa shape index (κ1) is 21.0. The van der Waals surface area contributed by atoms with E-state index in [2.05, 4.69) is 15.6 Å². The number of carbonyl (C=O) groups excluding carboxylic acids is 2. The zero-order valence-corrected chi connectivity index (χ0v) is 15.9. The predicted octanol–water partition coefficient (Wildman–Crippen LogP) is 3.63. The number of ether oxygens (including phenoxy) is 2. The molecule has 0 saturated carbocycles. The topological polar surface area (TPSA) is 89.5 Å². The number of carbonyl (C=O) groups is 2. The summed E-state index contributed by atoms with van der Waals surface area (Å²) in [4.78, 5) is 27.3. The molecule has 0 fully saturated rings. The molecule has 1 amide bonds. The van der Waals surface area contributed by atoms with E-state index < -0.39 is 17.7 Å². The van der Waals surface area contributed by atoms with Crippen LogP contribution >= 0.6 is 11.6 Å². The van der Waals surface area contributed by atoms with Crippen molar-refractivity contribution in [2.24, 2.45) is 0 Å². The lowest BCUT2D eigenvalue weighted by Crippen LogP contribution is -2.33. The van der Waals surface area contributed by atoms with Gasteiger partial charge in [-0.15, -0.1) is 0 Å². The molecule has 0 radical (unpaired) electrons. The maximum Gasteiger partial charge on any atom is 0.407 e. The Morgan fingerprint density at radius 1 is 1.24 bits per heavy atom. The second-order valence-corrected chi connectivity index (χ2v) is 6.72. The number of anilines is 1. The molecule has 7 nitrogen and oxygen atoms in total. The average molecular weight is 372 g/mol. The largest absolute Gasteiger partial charge is 0.462 e. The lowest BCUT2D eigenvalue weighted by atomic mass is 10.2. The van der Waals surface area contributed by atoms with Gasteiger partial charge in [0.25, 0.3) is 0 Å². The van der Waals surface area contributed by atoms with Crippen LogP contribution in [0.5, 0.6) is 0 Å². The van der Waals surface area contributed by atoms with E-state index in [1.807, 2.05) is 20.8 Å². The molecule has 0 aliphatic carbocycles. The number of nitrogens with zero attached hydrogens (tertiary/aromatic N) is 1. The highest BCUT2D eigenvalue weighted by molar-refractivity contribution is 6.29. The van der Waals surface area contributed by atoms with Crippen LogP contribution in [0.2, 0.25) is 5.15 Å². The first-order valence-electron chi connectivity index (χ1n) is 8.26. The van der Waals surface area contributed by atoms with E-state index in [4.69, 9.17) is 21.1 Å². The van der Waals surface area contributed by atoms with Crippen molar-refractivity contribution in [3.8, 4) is 0 Å². The van der Waals surface area contributed by atoms with Gasteiger partial charge in [-0.25, -0.2) is 14.6 Å². The highest BCUT2D eigenvalue weighted by atomic mass is 35.5. The van der Waals surface area contributed by atoms with Gasteiger partial charge in [-0.05, 0) is 46.6 Å². The Morgan fingerprint density at radius 2 is 1.92 bits per heavy atom. The van der Waals surface area contributed by atoms with Crippen molar-refractivity contribution < 1.29 is 19.1 Å². The van der Waals surface area contributed by atoms with Crippen LogP contribution in [0.25, 0.3) is 0 Å². The Hall–Kier alpha value is -2.02. The number of aromatic nitrogens is 1. The molecule has 0 aromatic carbocycles. The first-order chi connectivity index (χ1) is 11.7. The molecular formula is C17H26ClN3O4. The molecule has 0 saturated heterocycles. The average Bonchev–Trinajstić information content (AvgIpc) is 2.49. The summed E-state index contributed by atoms with van der Waals surface area (Å²) >= 11 is 5.88. The standard InChI is InChI=1S/C17H26ClN3O4/c1-5-24-15(22)12-11-21-14(18)10-13(12)19-8-6-7-9-20-16(23)25-17(2,3)4/h10-11H,5-9H2,1-4H3,(H,19,21)(H,20,23). The monoisotopic (exact) mass is 371 g/mol. The third kappa shape index (κ3) is 8.58. The van der Waals surface area contributed by atoms with Crippen LogP contribution in [0.1, 0.15) is 50.9 Å². The Morgan fingerprint density at radius 3 is 2.56 bits per heavy atom. The van der Waals surface area contributed by atoms with Crippen molar-refractivity contribution in [3.63, 3.8) is 0 Å². The molecule has 25 heavy (non-hydrogen) atoms. The SMILES string of the molecule is CCOC(=O)c1cnc(Cl)cc1NCCCCNC(=O)OC(C)(C)C. The summed E-state index contributed by atoms with van der Waals surface area (Å²) in [6.45, 7) is 8.61. The lowest BCUT2D eigenvalue weighted by Gasteiger charge is -2.19. The molecule has 1 rings (SSSR count). The molecule has 8 heteroatoms. The van der Waals surface area contributed by atoms with E-state index in [0.717, 1.165) is 12.8 Å². The maximum absolute atomic E-state index is 11.9. The number of nitrogens with one attached hydrogen (secondary N) is 2. The van der Waals surface area contributed by atoms with Gasteiger partial charge >= 0.3 is 12.1 Å². The number of hydrogen-bond donors (Lipinski definition) is 2. The number of unbranched alkanes of at least 4 members (excludes halogenated alkanes) is 1. The normalized spacial score (nSPS) is 10.9. The van der Waals surface area contributed by atoms with Gasteiger partial charge in [0.15, 0.2) is 0 Å². The number of rotatable bonds is 8. The van der Waals surface area contributed by atoms with E-state index in [-0.39, 0.29) is 6.61 Å². The molecule has 0 aliphatic heterocycles. The fourth-order valence-corrected chi connectivity index (χ4v) is 2.08. The zero-order chi connectivity index (χ0) is 18.9. The van der Waals surface area contributed by atoms with Gasteiger partial charge in [-0.1, -0.05) is 11.6 Å². The second-order valence-electron chi connectivity index (χ2n) is 6.34. The Balaban J connectivity index is 2.38. The highest BCUT2D eigenvalue weighted by Crippen LogP contribution is 2.19. The molecule has 140 valence electrons. The molecule has 1 aromatic rings. The summed E-state index contributed by atoms with van der Waals surface area (Å²) in [7, 11) is 0. The van der Waals surface area contributed by atoms with Gasteiger partial charge in [0, 0.05) is 19.3 Å². The van der Waals surface area contributed by atoms with Crippen molar-refractivity contribution in [1.82, 2.24) is 10.3 Å². The maximum atomic E-state index is 11.9. The number of amides is 1. The lowest BCUT2D eigenvalue weighted by molar-refractivity contribution is 0.0516. The number of pyridine rings is 1. The van der Waals surface area contributed by atoms with Crippen molar-refractivity contribution in [1.29, 1.82) is 0 Å². The molecule has 0 unspecified atom stereocenters. The van der Waals surface area contributed by atoms with E-state index in [9.17, 15) is 9.59 Å². The fraction of sp³-hybridized carbons (Fsp3) is 0.588. The quantitative estimate of drug-likeness (QED) is 0.412. The minimum Gasteiger partial charge on any atom is -0.462 e. The Labute approximate surface area is 153 Å². The molecule has 1 heterocycles. The van der Waals surface area contributed by atoms with Crippen LogP contribution in [0.4, 0.5) is 10.5 Å². The molecule has 1 aromatic heterocycles. The van der Waals surface area contributed by atoms with Crippen LogP contribution in [0.3, 0.4) is 0 Å². The van der Waals surface area contributed by atoms with Gasteiger partial charge in [0.1, 0.15) is 16.3 Å². The number of hydrogen-bond acceptors (Lipinski definition) is 6. The van der Waals surface area contributed by atoms with Gasteiger partial charge in [0.05, 0.1) is 12.3 Å². The van der Waals surface area contributed by atoms with Gasteiger partial charge in [-0.3, -0.25) is 0 Å². The third-order valence-corrected chi connectivity index (χ3v) is 3.16. The van der Waals surface area contributed by atoms with Crippen molar-refractivity contribution in [3.05, 3.63) is 23.0 Å². The van der Waals surface area contributed by atoms with Crippen molar-refractivity contribution in [2.45, 2.75) is 46.1 Å². The molecule has 2 N–H and O–H groups in total. The molecule has 0 bridgehead atoms. The Kier molecular flexibility index (Phi) is 8.48. The van der Waals surface area contributed by atoms with Crippen LogP contribution in [0.15, 0.2) is 12.3 Å². The van der Waals surface area contributed by atoms with Crippen molar-refractivity contribution in [2.75, 3.05) is 25.0 Å². The highest BCUT2D eigenvalue weighted by Gasteiger charge is 2.15. The van der Waals surface area contributed by atoms with E-state index >= 15 is 0 Å². The van der Waals surface area contributed by atoms with Crippen LogP contribution in [-0.4, -0.2) is 42.3 Å². The van der Waals surface area contributed by atoms with Gasteiger partial charge in [0.2, 0.25) is 0 Å².